The predicted molar refractivity (Wildman–Crippen MR) is 150 cm³/mol. The van der Waals surface area contributed by atoms with E-state index >= 15 is 0 Å². The fourth-order valence-corrected chi connectivity index (χ4v) is 5.42. The van der Waals surface area contributed by atoms with Gasteiger partial charge in [0.1, 0.15) is 0 Å². The smallest absolute Gasteiger partial charge is 0.261 e. The lowest BCUT2D eigenvalue weighted by atomic mass is 9.81. The van der Waals surface area contributed by atoms with Crippen molar-refractivity contribution in [3.8, 4) is 11.5 Å². The van der Waals surface area contributed by atoms with Crippen LogP contribution in [0.25, 0.3) is 0 Å². The normalized spacial score (nSPS) is 22.3. The number of amides is 1. The molecule has 0 saturated heterocycles. The number of aryl methyl sites for hydroxylation is 3. The molecule has 10 nitrogen and oxygen atoms in total. The number of aromatic amines is 1. The number of hydrogen-bond acceptors (Lipinski definition) is 7. The molecule has 1 atom stereocenters. The summed E-state index contributed by atoms with van der Waals surface area (Å²) in [4.78, 5) is 30.5. The van der Waals surface area contributed by atoms with Crippen LogP contribution in [0.2, 0.25) is 0 Å². The topological polar surface area (TPSA) is 138 Å². The van der Waals surface area contributed by atoms with E-state index in [1.165, 1.54) is 0 Å². The highest BCUT2D eigenvalue weighted by Gasteiger charge is 2.47. The largest absolute Gasteiger partial charge is 0.448 e. The van der Waals surface area contributed by atoms with E-state index in [-0.39, 0.29) is 18.0 Å². The maximum absolute atomic E-state index is 13.1. The van der Waals surface area contributed by atoms with Crippen molar-refractivity contribution in [2.75, 3.05) is 20.4 Å². The summed E-state index contributed by atoms with van der Waals surface area (Å²) in [6, 6.07) is 4.37. The van der Waals surface area contributed by atoms with Crippen LogP contribution in [0.5, 0.6) is 11.5 Å². The van der Waals surface area contributed by atoms with Crippen LogP contribution < -0.4 is 20.3 Å². The van der Waals surface area contributed by atoms with Gasteiger partial charge in [-0.1, -0.05) is 0 Å². The van der Waals surface area contributed by atoms with E-state index in [1.54, 1.807) is 0 Å². The summed E-state index contributed by atoms with van der Waals surface area (Å²) in [7, 11) is 0.612. The van der Waals surface area contributed by atoms with Gasteiger partial charge in [-0.25, -0.2) is 0 Å². The Morgan fingerprint density at radius 1 is 1.08 bits per heavy atom. The molecule has 0 radical (unpaired) electrons. The zero-order valence-corrected chi connectivity index (χ0v) is 24.9. The molecule has 1 amide bonds. The zero-order valence-electron chi connectivity index (χ0n) is 24.1. The van der Waals surface area contributed by atoms with Gasteiger partial charge in [-0.15, -0.1) is 0 Å². The monoisotopic (exact) mass is 563 g/mol. The maximum Gasteiger partial charge on any atom is 0.261 e. The Bertz CT molecular complexity index is 1380. The first-order chi connectivity index (χ1) is 18.0. The highest BCUT2D eigenvalue weighted by atomic mass is 32.2. The van der Waals surface area contributed by atoms with Gasteiger partial charge in [0.2, 0.25) is 0 Å². The van der Waals surface area contributed by atoms with Crippen molar-refractivity contribution in [3.05, 3.63) is 56.0 Å². The Balaban J connectivity index is 0.000000771. The van der Waals surface area contributed by atoms with Crippen LogP contribution in [0.4, 0.5) is 0 Å². The molecule has 1 aromatic carbocycles. The van der Waals surface area contributed by atoms with Crippen LogP contribution in [-0.2, 0) is 16.7 Å². The molecule has 1 fully saturated rings. The molecule has 39 heavy (non-hydrogen) atoms. The number of benzene rings is 1. The van der Waals surface area contributed by atoms with Gasteiger partial charge >= 0.3 is 0 Å². The van der Waals surface area contributed by atoms with E-state index in [1.807, 2.05) is 46.8 Å². The van der Waals surface area contributed by atoms with E-state index in [0.717, 1.165) is 53.8 Å². The number of pyridine rings is 1. The van der Waals surface area contributed by atoms with Crippen LogP contribution in [0, 0.1) is 33.6 Å². The Morgan fingerprint density at radius 2 is 1.64 bits per heavy atom. The SMILES string of the molecule is CS(=O)(=O)O.Cc1cc(C)c(CNC(=O)c2cc(C)c3c(c2C)O[C@@](C)(C2CCC(N(C)C)CC2)O3)c(=O)[nH]1. The fraction of sp³-hybridized carbons (Fsp3) is 0.571. The second-order valence-electron chi connectivity index (χ2n) is 11.1. The van der Waals surface area contributed by atoms with Crippen LogP contribution >= 0.6 is 0 Å². The summed E-state index contributed by atoms with van der Waals surface area (Å²) >= 11 is 0. The van der Waals surface area contributed by atoms with Crippen molar-refractivity contribution in [2.24, 2.45) is 5.92 Å². The highest BCUT2D eigenvalue weighted by Crippen LogP contribution is 2.50. The average Bonchev–Trinajstić information content (AvgIpc) is 3.19. The number of rotatable bonds is 5. The Kier molecular flexibility index (Phi) is 9.19. The summed E-state index contributed by atoms with van der Waals surface area (Å²) in [6.45, 7) is 9.76. The zero-order chi connectivity index (χ0) is 29.3. The third kappa shape index (κ3) is 7.40. The molecule has 2 heterocycles. The lowest BCUT2D eigenvalue weighted by Gasteiger charge is -2.39. The number of hydrogen-bond donors (Lipinski definition) is 3. The minimum absolute atomic E-state index is 0.167. The maximum atomic E-state index is 13.1. The number of fused-ring (bicyclic) bond motifs is 1. The first kappa shape index (κ1) is 30.6. The van der Waals surface area contributed by atoms with Crippen molar-refractivity contribution >= 4 is 16.0 Å². The number of carbonyl (C=O) groups is 1. The van der Waals surface area contributed by atoms with Gasteiger partial charge < -0.3 is 24.7 Å². The third-order valence-electron chi connectivity index (χ3n) is 7.61. The van der Waals surface area contributed by atoms with Gasteiger partial charge in [-0.05, 0) is 90.7 Å². The van der Waals surface area contributed by atoms with Crippen molar-refractivity contribution in [2.45, 2.75) is 78.7 Å². The average molecular weight is 564 g/mol. The molecular weight excluding hydrogens is 522 g/mol. The second kappa shape index (κ2) is 11.7. The number of H-pyrrole nitrogens is 1. The Hall–Kier alpha value is -2.89. The Morgan fingerprint density at radius 3 is 2.18 bits per heavy atom. The number of carbonyl (C=O) groups excluding carboxylic acids is 1. The first-order valence-electron chi connectivity index (χ1n) is 13.1. The van der Waals surface area contributed by atoms with Crippen molar-refractivity contribution in [1.82, 2.24) is 15.2 Å². The fourth-order valence-electron chi connectivity index (χ4n) is 5.42. The van der Waals surface area contributed by atoms with Gasteiger partial charge in [-0.2, -0.15) is 8.42 Å². The van der Waals surface area contributed by atoms with Crippen LogP contribution in [-0.4, -0.2) is 60.9 Å². The molecule has 3 N–H and O–H groups in total. The van der Waals surface area contributed by atoms with E-state index in [2.05, 4.69) is 29.3 Å². The molecule has 216 valence electrons. The summed E-state index contributed by atoms with van der Waals surface area (Å²) in [6.07, 6.45) is 5.05. The molecule has 4 rings (SSSR count). The number of nitrogens with zero attached hydrogens (tertiary/aromatic N) is 1. The molecule has 1 saturated carbocycles. The first-order valence-corrected chi connectivity index (χ1v) is 14.9. The molecule has 1 aliphatic heterocycles. The summed E-state index contributed by atoms with van der Waals surface area (Å²) in [5.74, 6) is 0.732. The van der Waals surface area contributed by atoms with Crippen molar-refractivity contribution in [3.63, 3.8) is 0 Å². The molecule has 2 aromatic rings. The minimum Gasteiger partial charge on any atom is -0.448 e. The summed E-state index contributed by atoms with van der Waals surface area (Å²) in [5.41, 5.74) is 4.24. The molecule has 1 aromatic heterocycles. The third-order valence-corrected chi connectivity index (χ3v) is 7.61. The van der Waals surface area contributed by atoms with Crippen LogP contribution in [0.15, 0.2) is 16.9 Å². The number of ether oxygens (including phenoxy) is 2. The van der Waals surface area contributed by atoms with Crippen LogP contribution in [0.3, 0.4) is 0 Å². The lowest BCUT2D eigenvalue weighted by Crippen LogP contribution is -2.46. The van der Waals surface area contributed by atoms with Gasteiger partial charge in [0.15, 0.2) is 11.5 Å². The van der Waals surface area contributed by atoms with E-state index in [0.29, 0.717) is 35.1 Å². The summed E-state index contributed by atoms with van der Waals surface area (Å²) < 4.78 is 38.8. The van der Waals surface area contributed by atoms with Gasteiger partial charge in [0.25, 0.3) is 27.4 Å². The highest BCUT2D eigenvalue weighted by molar-refractivity contribution is 7.85. The lowest BCUT2D eigenvalue weighted by molar-refractivity contribution is -0.123. The summed E-state index contributed by atoms with van der Waals surface area (Å²) in [5, 5.41) is 2.92. The molecule has 0 unspecified atom stereocenters. The quantitative estimate of drug-likeness (QED) is 0.469. The van der Waals surface area contributed by atoms with Gasteiger partial charge in [-0.3, -0.25) is 14.1 Å². The Labute approximate surface area is 230 Å². The van der Waals surface area contributed by atoms with Gasteiger partial charge in [0.05, 0.1) is 6.26 Å². The molecule has 0 bridgehead atoms. The van der Waals surface area contributed by atoms with E-state index < -0.39 is 15.9 Å². The predicted octanol–water partition coefficient (Wildman–Crippen LogP) is 3.65. The van der Waals surface area contributed by atoms with Crippen LogP contribution in [0.1, 0.15) is 70.9 Å². The van der Waals surface area contributed by atoms with Crippen molar-refractivity contribution in [1.29, 1.82) is 0 Å². The van der Waals surface area contributed by atoms with Crippen molar-refractivity contribution < 1.29 is 27.2 Å². The molecule has 0 spiro atoms. The molecule has 1 aliphatic carbocycles. The standard InChI is InChI=1S/C27H37N3O4.CH4O3S/c1-15-12-17(3)29-26(32)22(15)14-28-25(31)21-13-16(2)23-24(18(21)4)34-27(5,33-23)19-8-10-20(11-9-19)30(6)7;1-5(2,3)4/h12-13,19-20H,8-11,14H2,1-7H3,(H,28,31)(H,29,32);1H3,(H,2,3,4)/t19?,20?,27-;/m0./s1. The second-order valence-corrected chi connectivity index (χ2v) is 12.5. The minimum atomic E-state index is -3.67. The molecule has 11 heteroatoms. The molecular formula is C28H41N3O7S. The van der Waals surface area contributed by atoms with Gasteiger partial charge in [0, 0.05) is 47.8 Å². The molecule has 2 aliphatic rings. The number of nitrogens with one attached hydrogen (secondary N) is 2. The van der Waals surface area contributed by atoms with E-state index in [4.69, 9.17) is 14.0 Å². The number of aromatic nitrogens is 1. The van der Waals surface area contributed by atoms with E-state index in [9.17, 15) is 18.0 Å².